The zero-order valence-corrected chi connectivity index (χ0v) is 21.2. The number of ketones is 1. The lowest BCUT2D eigenvalue weighted by Gasteiger charge is -2.33. The largest absolute Gasteiger partial charge is 0.481 e. The van der Waals surface area contributed by atoms with E-state index in [0.717, 1.165) is 4.90 Å². The number of fused-ring (bicyclic) bond motifs is 2. The Hall–Kier alpha value is -2.62. The number of rotatable bonds is 9. The van der Waals surface area contributed by atoms with E-state index >= 15 is 0 Å². The van der Waals surface area contributed by atoms with Crippen LogP contribution >= 0.6 is 35.0 Å². The molecule has 2 aromatic rings. The fraction of sp³-hybridized carbons (Fsp3) is 0.333. The molecule has 0 radical (unpaired) electrons. The first-order valence-corrected chi connectivity index (χ1v) is 12.3. The first-order valence-electron chi connectivity index (χ1n) is 10.7. The Morgan fingerprint density at radius 3 is 2.37 bits per heavy atom. The topological polar surface area (TPSA) is 104 Å². The number of hydrogen-bond donors (Lipinski definition) is 2. The lowest BCUT2D eigenvalue weighted by Crippen LogP contribution is -2.47. The predicted molar refractivity (Wildman–Crippen MR) is 132 cm³/mol. The minimum absolute atomic E-state index is 0.244. The summed E-state index contributed by atoms with van der Waals surface area (Å²) >= 11 is 14.0. The Morgan fingerprint density at radius 1 is 1.06 bits per heavy atom. The molecule has 1 aliphatic rings. The zero-order chi connectivity index (χ0) is 25.9. The van der Waals surface area contributed by atoms with Gasteiger partial charge in [0.1, 0.15) is 12.7 Å². The number of nitrogens with one attached hydrogen (secondary N) is 1. The molecule has 0 fully saturated rings. The molecule has 2 N–H and O–H groups in total. The van der Waals surface area contributed by atoms with E-state index in [0.29, 0.717) is 26.3 Å². The predicted octanol–water partition coefficient (Wildman–Crippen LogP) is 5.28. The SMILES string of the molecule is CC(C)C(CC(=O)N1c2ccccc2Sc2c1ccc(Cl)c2Cl)C(=O)NC(CC(=O)O)C(=O)CF. The molecule has 2 amide bonds. The fourth-order valence-corrected chi connectivity index (χ4v) is 5.32. The standard InChI is InChI=1S/C24H23Cl2FN2O5S/c1-12(2)13(24(34)28-15(10-21(32)33)18(30)11-27)9-20(31)29-16-5-3-4-6-19(16)35-23-17(29)8-7-14(25)22(23)26/h3-8,12-13,15H,9-11H2,1-2H3,(H,28,34)(H,32,33). The molecule has 2 unspecified atom stereocenters. The van der Waals surface area contributed by atoms with Gasteiger partial charge in [0.15, 0.2) is 5.78 Å². The third kappa shape index (κ3) is 5.97. The van der Waals surface area contributed by atoms with Crippen LogP contribution in [-0.4, -0.2) is 41.4 Å². The Morgan fingerprint density at radius 2 is 1.74 bits per heavy atom. The Bertz CT molecular complexity index is 1180. The number of halogens is 3. The van der Waals surface area contributed by atoms with Gasteiger partial charge in [-0.1, -0.05) is 60.9 Å². The van der Waals surface area contributed by atoms with Crippen LogP contribution in [0, 0.1) is 11.8 Å². The number of amides is 2. The third-order valence-electron chi connectivity index (χ3n) is 5.59. The number of carbonyl (C=O) groups is 4. The van der Waals surface area contributed by atoms with Crippen LogP contribution in [0.5, 0.6) is 0 Å². The van der Waals surface area contributed by atoms with Gasteiger partial charge in [0.2, 0.25) is 11.8 Å². The summed E-state index contributed by atoms with van der Waals surface area (Å²) in [6, 6.07) is 8.97. The van der Waals surface area contributed by atoms with Crippen molar-refractivity contribution < 1.29 is 28.7 Å². The maximum Gasteiger partial charge on any atom is 0.305 e. The monoisotopic (exact) mass is 540 g/mol. The van der Waals surface area contributed by atoms with Crippen molar-refractivity contribution in [2.45, 2.75) is 42.5 Å². The number of hydrogen-bond acceptors (Lipinski definition) is 5. The summed E-state index contributed by atoms with van der Waals surface area (Å²) in [7, 11) is 0. The first-order chi connectivity index (χ1) is 16.5. The van der Waals surface area contributed by atoms with Crippen LogP contribution in [0.25, 0.3) is 0 Å². The molecule has 2 aromatic carbocycles. The number of Topliss-reactive ketones (excluding diaryl/α,β-unsaturated/α-hetero) is 1. The molecule has 0 saturated carbocycles. The molecule has 3 rings (SSSR count). The fourth-order valence-electron chi connectivity index (χ4n) is 3.73. The van der Waals surface area contributed by atoms with Crippen molar-refractivity contribution >= 4 is 69.9 Å². The van der Waals surface area contributed by atoms with Crippen LogP contribution in [0.15, 0.2) is 46.2 Å². The van der Waals surface area contributed by atoms with Gasteiger partial charge >= 0.3 is 5.97 Å². The number of nitrogens with zero attached hydrogens (tertiary/aromatic N) is 1. The van der Waals surface area contributed by atoms with Gasteiger partial charge in [0, 0.05) is 17.2 Å². The molecule has 11 heteroatoms. The number of para-hydroxylation sites is 1. The minimum atomic E-state index is -1.52. The van der Waals surface area contributed by atoms with E-state index in [1.54, 1.807) is 38.1 Å². The van der Waals surface area contributed by atoms with Gasteiger partial charge < -0.3 is 10.4 Å². The molecule has 1 aliphatic heterocycles. The highest BCUT2D eigenvalue weighted by Crippen LogP contribution is 2.52. The van der Waals surface area contributed by atoms with Gasteiger partial charge in [-0.3, -0.25) is 24.1 Å². The molecule has 0 spiro atoms. The van der Waals surface area contributed by atoms with Crippen LogP contribution < -0.4 is 10.2 Å². The second kappa shape index (κ2) is 11.4. The number of aliphatic carboxylic acids is 1. The van der Waals surface area contributed by atoms with Crippen molar-refractivity contribution in [1.82, 2.24) is 5.32 Å². The summed E-state index contributed by atoms with van der Waals surface area (Å²) in [5.74, 6) is -4.75. The summed E-state index contributed by atoms with van der Waals surface area (Å²) in [6.45, 7) is 2.04. The van der Waals surface area contributed by atoms with E-state index in [1.807, 2.05) is 12.1 Å². The van der Waals surface area contributed by atoms with E-state index in [-0.39, 0.29) is 12.3 Å². The van der Waals surface area contributed by atoms with E-state index in [4.69, 9.17) is 28.3 Å². The zero-order valence-electron chi connectivity index (χ0n) is 18.9. The van der Waals surface area contributed by atoms with E-state index in [1.165, 1.54) is 16.7 Å². The average Bonchev–Trinajstić information content (AvgIpc) is 2.81. The molecule has 35 heavy (non-hydrogen) atoms. The number of carbonyl (C=O) groups excluding carboxylic acids is 3. The molecule has 2 atom stereocenters. The van der Waals surface area contributed by atoms with Crippen molar-refractivity contribution in [1.29, 1.82) is 0 Å². The summed E-state index contributed by atoms with van der Waals surface area (Å²) < 4.78 is 12.9. The van der Waals surface area contributed by atoms with Gasteiger partial charge in [0.05, 0.1) is 32.7 Å². The summed E-state index contributed by atoms with van der Waals surface area (Å²) in [5.41, 5.74) is 1.14. The third-order valence-corrected chi connectivity index (χ3v) is 7.69. The Kier molecular flexibility index (Phi) is 8.79. The molecule has 0 aromatic heterocycles. The Labute approximate surface area is 216 Å². The second-order valence-electron chi connectivity index (χ2n) is 8.32. The van der Waals surface area contributed by atoms with Gasteiger partial charge in [-0.2, -0.15) is 0 Å². The minimum Gasteiger partial charge on any atom is -0.481 e. The highest BCUT2D eigenvalue weighted by Gasteiger charge is 2.35. The number of carboxylic acids is 1. The summed E-state index contributed by atoms with van der Waals surface area (Å²) in [4.78, 5) is 52.4. The van der Waals surface area contributed by atoms with Crippen LogP contribution in [0.2, 0.25) is 10.0 Å². The van der Waals surface area contributed by atoms with Gasteiger partial charge in [-0.05, 0) is 30.2 Å². The smallest absolute Gasteiger partial charge is 0.305 e. The van der Waals surface area contributed by atoms with Crippen LogP contribution in [0.1, 0.15) is 26.7 Å². The van der Waals surface area contributed by atoms with Crippen molar-refractivity contribution in [2.75, 3.05) is 11.6 Å². The van der Waals surface area contributed by atoms with Gasteiger partial charge in [0.25, 0.3) is 0 Å². The molecule has 7 nitrogen and oxygen atoms in total. The average molecular weight is 541 g/mol. The van der Waals surface area contributed by atoms with Crippen molar-refractivity contribution in [3.8, 4) is 0 Å². The highest BCUT2D eigenvalue weighted by molar-refractivity contribution is 7.99. The van der Waals surface area contributed by atoms with E-state index < -0.39 is 48.6 Å². The maximum absolute atomic E-state index is 13.6. The number of benzene rings is 2. The molecule has 0 saturated heterocycles. The summed E-state index contributed by atoms with van der Waals surface area (Å²) in [6.07, 6.45) is -0.998. The quantitative estimate of drug-likeness (QED) is 0.448. The molecule has 186 valence electrons. The number of alkyl halides is 1. The first kappa shape index (κ1) is 27.0. The highest BCUT2D eigenvalue weighted by atomic mass is 35.5. The van der Waals surface area contributed by atoms with Crippen molar-refractivity contribution in [3.63, 3.8) is 0 Å². The molecular weight excluding hydrogens is 518 g/mol. The second-order valence-corrected chi connectivity index (χ2v) is 10.2. The van der Waals surface area contributed by atoms with Gasteiger partial charge in [-0.15, -0.1) is 0 Å². The molecule has 0 bridgehead atoms. The van der Waals surface area contributed by atoms with Crippen LogP contribution in [0.4, 0.5) is 15.8 Å². The molecule has 0 aliphatic carbocycles. The molecule has 1 heterocycles. The Balaban J connectivity index is 1.92. The van der Waals surface area contributed by atoms with Crippen LogP contribution in [-0.2, 0) is 19.2 Å². The lowest BCUT2D eigenvalue weighted by molar-refractivity contribution is -0.141. The molecular formula is C24H23Cl2FN2O5S. The normalized spacial score (nSPS) is 14.1. The number of carboxylic acid groups (broad SMARTS) is 1. The summed E-state index contributed by atoms with van der Waals surface area (Å²) in [5, 5.41) is 12.0. The lowest BCUT2D eigenvalue weighted by atomic mass is 9.90. The van der Waals surface area contributed by atoms with E-state index in [2.05, 4.69) is 5.32 Å². The number of anilines is 2. The van der Waals surface area contributed by atoms with Crippen molar-refractivity contribution in [2.24, 2.45) is 11.8 Å². The maximum atomic E-state index is 13.6. The van der Waals surface area contributed by atoms with Crippen molar-refractivity contribution in [3.05, 3.63) is 46.4 Å². The van der Waals surface area contributed by atoms with Crippen LogP contribution in [0.3, 0.4) is 0 Å². The van der Waals surface area contributed by atoms with Gasteiger partial charge in [-0.25, -0.2) is 4.39 Å². The van der Waals surface area contributed by atoms with E-state index in [9.17, 15) is 23.6 Å².